The predicted octanol–water partition coefficient (Wildman–Crippen LogP) is 3.63. The van der Waals surface area contributed by atoms with Crippen LogP contribution in [0, 0.1) is 6.92 Å². The highest BCUT2D eigenvalue weighted by molar-refractivity contribution is 5.95. The maximum Gasteiger partial charge on any atom is 0.251 e. The van der Waals surface area contributed by atoms with E-state index in [0.717, 1.165) is 24.1 Å². The predicted molar refractivity (Wildman–Crippen MR) is 99.8 cm³/mol. The molecule has 0 aliphatic heterocycles. The maximum absolute atomic E-state index is 12.2. The van der Waals surface area contributed by atoms with E-state index in [2.05, 4.69) is 16.7 Å². The number of hydrogen-bond donors (Lipinski definition) is 2. The highest BCUT2D eigenvalue weighted by Gasteiger charge is 2.14. The minimum absolute atomic E-state index is 0.0662. The lowest BCUT2D eigenvalue weighted by molar-refractivity contribution is -0.116. The number of anilines is 1. The van der Waals surface area contributed by atoms with E-state index in [1.54, 1.807) is 6.07 Å². The van der Waals surface area contributed by atoms with E-state index < -0.39 is 0 Å². The van der Waals surface area contributed by atoms with Crippen molar-refractivity contribution in [2.45, 2.75) is 39.0 Å². The van der Waals surface area contributed by atoms with Crippen molar-refractivity contribution >= 4 is 17.5 Å². The van der Waals surface area contributed by atoms with Gasteiger partial charge in [-0.2, -0.15) is 0 Å². The first-order valence-corrected chi connectivity index (χ1v) is 8.89. The number of fused-ring (bicyclic) bond motifs is 1. The first kappa shape index (κ1) is 17.2. The van der Waals surface area contributed by atoms with Crippen LogP contribution in [0.25, 0.3) is 0 Å². The lowest BCUT2D eigenvalue weighted by atomic mass is 9.90. The summed E-state index contributed by atoms with van der Waals surface area (Å²) in [6, 6.07) is 13.5. The summed E-state index contributed by atoms with van der Waals surface area (Å²) in [6.07, 6.45) is 4.77. The van der Waals surface area contributed by atoms with E-state index in [1.807, 2.05) is 37.3 Å². The zero-order valence-electron chi connectivity index (χ0n) is 14.6. The van der Waals surface area contributed by atoms with Crippen LogP contribution in [0.3, 0.4) is 0 Å². The molecule has 3 rings (SSSR count). The SMILES string of the molecule is Cc1cccc(C(=O)NCCC(=O)Nc2cccc3c2CCCC3)c1. The van der Waals surface area contributed by atoms with Crippen LogP contribution in [0.15, 0.2) is 42.5 Å². The number of benzene rings is 2. The van der Waals surface area contributed by atoms with E-state index in [4.69, 9.17) is 0 Å². The number of carbonyl (C=O) groups excluding carboxylic acids is 2. The number of nitrogens with one attached hydrogen (secondary N) is 2. The normalized spacial score (nSPS) is 13.0. The molecule has 0 aromatic heterocycles. The first-order valence-electron chi connectivity index (χ1n) is 8.89. The van der Waals surface area contributed by atoms with E-state index >= 15 is 0 Å². The summed E-state index contributed by atoms with van der Waals surface area (Å²) in [4.78, 5) is 24.3. The molecule has 0 spiro atoms. The number of hydrogen-bond acceptors (Lipinski definition) is 2. The summed E-state index contributed by atoms with van der Waals surface area (Å²) in [6.45, 7) is 2.28. The van der Waals surface area contributed by atoms with Crippen LogP contribution in [0.4, 0.5) is 5.69 Å². The summed E-state index contributed by atoms with van der Waals surface area (Å²) in [7, 11) is 0. The van der Waals surface area contributed by atoms with Crippen LogP contribution in [-0.4, -0.2) is 18.4 Å². The second-order valence-electron chi connectivity index (χ2n) is 6.57. The summed E-state index contributed by atoms with van der Waals surface area (Å²) in [5.74, 6) is -0.211. The Morgan fingerprint density at radius 2 is 1.84 bits per heavy atom. The van der Waals surface area contributed by atoms with Crippen LogP contribution in [-0.2, 0) is 17.6 Å². The van der Waals surface area contributed by atoms with Gasteiger partial charge in [-0.05, 0) is 61.9 Å². The fraction of sp³-hybridized carbons (Fsp3) is 0.333. The van der Waals surface area contributed by atoms with Gasteiger partial charge in [-0.1, -0.05) is 29.8 Å². The van der Waals surface area contributed by atoms with Crippen LogP contribution in [0.2, 0.25) is 0 Å². The molecule has 0 fully saturated rings. The van der Waals surface area contributed by atoms with E-state index in [-0.39, 0.29) is 18.2 Å². The summed E-state index contributed by atoms with van der Waals surface area (Å²) in [5.41, 5.74) is 5.20. The number of aryl methyl sites for hydroxylation is 2. The van der Waals surface area contributed by atoms with Gasteiger partial charge in [-0.25, -0.2) is 0 Å². The topological polar surface area (TPSA) is 58.2 Å². The standard InChI is InChI=1S/C21H24N2O2/c1-15-6-4-9-17(14-15)21(25)22-13-12-20(24)23-19-11-5-8-16-7-2-3-10-18(16)19/h4-6,8-9,11,14H,2-3,7,10,12-13H2,1H3,(H,22,25)(H,23,24). The van der Waals surface area contributed by atoms with Crippen molar-refractivity contribution in [3.63, 3.8) is 0 Å². The van der Waals surface area contributed by atoms with E-state index in [1.165, 1.54) is 24.0 Å². The van der Waals surface area contributed by atoms with Crippen molar-refractivity contribution in [1.82, 2.24) is 5.32 Å². The van der Waals surface area contributed by atoms with Crippen molar-refractivity contribution in [3.8, 4) is 0 Å². The van der Waals surface area contributed by atoms with Gasteiger partial charge in [0.05, 0.1) is 0 Å². The van der Waals surface area contributed by atoms with Crippen molar-refractivity contribution in [3.05, 3.63) is 64.7 Å². The molecule has 0 heterocycles. The Balaban J connectivity index is 1.51. The number of carbonyl (C=O) groups is 2. The van der Waals surface area contributed by atoms with Crippen molar-refractivity contribution < 1.29 is 9.59 Å². The monoisotopic (exact) mass is 336 g/mol. The highest BCUT2D eigenvalue weighted by atomic mass is 16.2. The Kier molecular flexibility index (Phi) is 5.49. The third-order valence-electron chi connectivity index (χ3n) is 4.59. The molecule has 0 saturated carbocycles. The molecule has 4 nitrogen and oxygen atoms in total. The second-order valence-corrected chi connectivity index (χ2v) is 6.57. The number of amides is 2. The van der Waals surface area contributed by atoms with Gasteiger partial charge in [0, 0.05) is 24.2 Å². The van der Waals surface area contributed by atoms with Gasteiger partial charge >= 0.3 is 0 Å². The maximum atomic E-state index is 12.2. The Bertz CT molecular complexity index is 783. The molecule has 0 atom stereocenters. The Labute approximate surface area is 148 Å². The van der Waals surface area contributed by atoms with Crippen LogP contribution in [0.5, 0.6) is 0 Å². The molecular formula is C21H24N2O2. The second kappa shape index (κ2) is 7.97. The molecule has 1 aliphatic rings. The molecule has 25 heavy (non-hydrogen) atoms. The van der Waals surface area contributed by atoms with Gasteiger partial charge in [-0.3, -0.25) is 9.59 Å². The highest BCUT2D eigenvalue weighted by Crippen LogP contribution is 2.27. The van der Waals surface area contributed by atoms with Crippen LogP contribution in [0.1, 0.15) is 46.3 Å². The fourth-order valence-electron chi connectivity index (χ4n) is 3.29. The van der Waals surface area contributed by atoms with Gasteiger partial charge in [0.2, 0.25) is 5.91 Å². The van der Waals surface area contributed by atoms with Crippen molar-refractivity contribution in [2.75, 3.05) is 11.9 Å². The van der Waals surface area contributed by atoms with Gasteiger partial charge in [0.15, 0.2) is 0 Å². The lowest BCUT2D eigenvalue weighted by Gasteiger charge is -2.19. The molecule has 2 aromatic carbocycles. The van der Waals surface area contributed by atoms with Gasteiger partial charge in [-0.15, -0.1) is 0 Å². The molecule has 1 aliphatic carbocycles. The van der Waals surface area contributed by atoms with E-state index in [0.29, 0.717) is 12.1 Å². The summed E-state index contributed by atoms with van der Waals surface area (Å²) < 4.78 is 0. The number of rotatable bonds is 5. The quantitative estimate of drug-likeness (QED) is 0.876. The summed E-state index contributed by atoms with van der Waals surface area (Å²) >= 11 is 0. The van der Waals surface area contributed by atoms with E-state index in [9.17, 15) is 9.59 Å². The van der Waals surface area contributed by atoms with Gasteiger partial charge in [0.1, 0.15) is 0 Å². The summed E-state index contributed by atoms with van der Waals surface area (Å²) in [5, 5.41) is 5.81. The van der Waals surface area contributed by atoms with Crippen molar-refractivity contribution in [1.29, 1.82) is 0 Å². The molecule has 0 unspecified atom stereocenters. The average molecular weight is 336 g/mol. The third kappa shape index (κ3) is 4.47. The lowest BCUT2D eigenvalue weighted by Crippen LogP contribution is -2.28. The Morgan fingerprint density at radius 3 is 2.68 bits per heavy atom. The first-order chi connectivity index (χ1) is 12.1. The van der Waals surface area contributed by atoms with Crippen LogP contribution < -0.4 is 10.6 Å². The zero-order valence-corrected chi connectivity index (χ0v) is 14.6. The molecule has 0 radical (unpaired) electrons. The molecule has 0 bridgehead atoms. The van der Waals surface area contributed by atoms with Crippen LogP contribution >= 0.6 is 0 Å². The Morgan fingerprint density at radius 1 is 1.04 bits per heavy atom. The average Bonchev–Trinajstić information content (AvgIpc) is 2.62. The smallest absolute Gasteiger partial charge is 0.251 e. The molecule has 4 heteroatoms. The minimum atomic E-state index is -0.145. The third-order valence-corrected chi connectivity index (χ3v) is 4.59. The molecule has 2 amide bonds. The zero-order chi connectivity index (χ0) is 17.6. The fourth-order valence-corrected chi connectivity index (χ4v) is 3.29. The van der Waals surface area contributed by atoms with Crippen molar-refractivity contribution in [2.24, 2.45) is 0 Å². The van der Waals surface area contributed by atoms with Gasteiger partial charge in [0.25, 0.3) is 5.91 Å². The molecular weight excluding hydrogens is 312 g/mol. The van der Waals surface area contributed by atoms with Gasteiger partial charge < -0.3 is 10.6 Å². The Hall–Kier alpha value is -2.62. The largest absolute Gasteiger partial charge is 0.352 e. The molecule has 130 valence electrons. The molecule has 2 aromatic rings. The molecule has 0 saturated heterocycles. The minimum Gasteiger partial charge on any atom is -0.352 e. The molecule has 2 N–H and O–H groups in total.